The van der Waals surface area contributed by atoms with Crippen molar-refractivity contribution in [3.05, 3.63) is 71.7 Å². The molecule has 7 nitrogen and oxygen atoms in total. The van der Waals surface area contributed by atoms with Crippen LogP contribution in [0.15, 0.2) is 59.3 Å². The van der Waals surface area contributed by atoms with E-state index in [2.05, 4.69) is 20.4 Å². The molecule has 2 aromatic carbocycles. The van der Waals surface area contributed by atoms with Gasteiger partial charge in [-0.15, -0.1) is 0 Å². The second kappa shape index (κ2) is 9.53. The van der Waals surface area contributed by atoms with Gasteiger partial charge in [-0.05, 0) is 42.3 Å². The summed E-state index contributed by atoms with van der Waals surface area (Å²) in [6, 6.07) is 10.3. The van der Waals surface area contributed by atoms with E-state index in [0.29, 0.717) is 16.9 Å². The molecule has 0 saturated carbocycles. The van der Waals surface area contributed by atoms with Gasteiger partial charge in [0.2, 0.25) is 5.82 Å². The first-order valence-electron chi connectivity index (χ1n) is 10.4. The maximum Gasteiger partial charge on any atom is 0.417 e. The van der Waals surface area contributed by atoms with Crippen LogP contribution in [0.25, 0.3) is 34.0 Å². The van der Waals surface area contributed by atoms with Crippen LogP contribution in [0.3, 0.4) is 0 Å². The van der Waals surface area contributed by atoms with Gasteiger partial charge in [0.1, 0.15) is 11.6 Å². The van der Waals surface area contributed by atoms with Gasteiger partial charge in [0, 0.05) is 29.4 Å². The molecular weight excluding hydrogens is 468 g/mol. The number of hydrogen-bond donors (Lipinski definition) is 2. The summed E-state index contributed by atoms with van der Waals surface area (Å²) in [7, 11) is 0. The molecule has 180 valence electrons. The van der Waals surface area contributed by atoms with E-state index in [9.17, 15) is 22.4 Å². The lowest BCUT2D eigenvalue weighted by Crippen LogP contribution is -2.09. The summed E-state index contributed by atoms with van der Waals surface area (Å²) in [4.78, 5) is 19.1. The van der Waals surface area contributed by atoms with Gasteiger partial charge in [-0.2, -0.15) is 18.2 Å². The zero-order valence-electron chi connectivity index (χ0n) is 18.2. The lowest BCUT2D eigenvalue weighted by molar-refractivity contribution is -0.137. The fraction of sp³-hybridized carbons (Fsp3) is 0.167. The second-order valence-corrected chi connectivity index (χ2v) is 7.62. The monoisotopic (exact) mass is 486 g/mol. The number of nitrogens with one attached hydrogen (secondary N) is 1. The molecule has 0 amide bonds. The average molecular weight is 486 g/mol. The van der Waals surface area contributed by atoms with Crippen LogP contribution in [0.2, 0.25) is 0 Å². The highest BCUT2D eigenvalue weighted by Gasteiger charge is 2.35. The van der Waals surface area contributed by atoms with Gasteiger partial charge in [-0.1, -0.05) is 29.4 Å². The Morgan fingerprint density at radius 3 is 2.54 bits per heavy atom. The van der Waals surface area contributed by atoms with Gasteiger partial charge >= 0.3 is 12.1 Å². The van der Waals surface area contributed by atoms with Crippen LogP contribution in [-0.4, -0.2) is 32.7 Å². The SMILES string of the molecule is Cc1cc(-c2noc(-c3ccc(-c4ccccc4F)c(C(F)(F)F)c3)n2)cnc1NCCC(=O)O. The Bertz CT molecular complexity index is 1390. The van der Waals surface area contributed by atoms with E-state index in [0.717, 1.165) is 12.1 Å². The Balaban J connectivity index is 1.64. The van der Waals surface area contributed by atoms with Crippen molar-refractivity contribution in [2.24, 2.45) is 0 Å². The number of benzene rings is 2. The van der Waals surface area contributed by atoms with Crippen LogP contribution in [0.4, 0.5) is 23.4 Å². The van der Waals surface area contributed by atoms with Crippen LogP contribution < -0.4 is 5.32 Å². The Kier molecular flexibility index (Phi) is 6.50. The Labute approximate surface area is 196 Å². The van der Waals surface area contributed by atoms with Crippen molar-refractivity contribution >= 4 is 11.8 Å². The van der Waals surface area contributed by atoms with Gasteiger partial charge < -0.3 is 14.9 Å². The van der Waals surface area contributed by atoms with Crippen molar-refractivity contribution in [1.82, 2.24) is 15.1 Å². The molecule has 0 saturated heterocycles. The predicted octanol–water partition coefficient (Wildman–Crippen LogP) is 5.82. The number of aliphatic carboxylic acids is 1. The summed E-state index contributed by atoms with van der Waals surface area (Å²) >= 11 is 0. The van der Waals surface area contributed by atoms with Crippen LogP contribution in [0.5, 0.6) is 0 Å². The number of anilines is 1. The van der Waals surface area contributed by atoms with E-state index >= 15 is 0 Å². The number of alkyl halides is 3. The molecule has 0 aliphatic heterocycles. The minimum Gasteiger partial charge on any atom is -0.481 e. The third-order valence-corrected chi connectivity index (χ3v) is 5.13. The number of nitrogens with zero attached hydrogens (tertiary/aromatic N) is 3. The Hall–Kier alpha value is -4.28. The molecule has 35 heavy (non-hydrogen) atoms. The molecule has 0 radical (unpaired) electrons. The Morgan fingerprint density at radius 2 is 1.86 bits per heavy atom. The molecular formula is C24H18F4N4O3. The zero-order valence-corrected chi connectivity index (χ0v) is 18.2. The van der Waals surface area contributed by atoms with Crippen molar-refractivity contribution in [1.29, 1.82) is 0 Å². The lowest BCUT2D eigenvalue weighted by Gasteiger charge is -2.14. The van der Waals surface area contributed by atoms with Gasteiger partial charge in [-0.25, -0.2) is 9.37 Å². The van der Waals surface area contributed by atoms with Crippen LogP contribution >= 0.6 is 0 Å². The quantitative estimate of drug-likeness (QED) is 0.318. The summed E-state index contributed by atoms with van der Waals surface area (Å²) in [5.74, 6) is -1.26. The average Bonchev–Trinajstić information content (AvgIpc) is 3.30. The van der Waals surface area contributed by atoms with E-state index < -0.39 is 23.5 Å². The van der Waals surface area contributed by atoms with E-state index in [1.165, 1.54) is 36.5 Å². The molecule has 4 aromatic rings. The number of hydrogen-bond acceptors (Lipinski definition) is 6. The number of aromatic nitrogens is 3. The lowest BCUT2D eigenvalue weighted by atomic mass is 9.96. The number of rotatable bonds is 7. The molecule has 2 aromatic heterocycles. The number of aryl methyl sites for hydroxylation is 1. The number of carboxylic acid groups (broad SMARTS) is 1. The molecule has 0 unspecified atom stereocenters. The summed E-state index contributed by atoms with van der Waals surface area (Å²) in [6.07, 6.45) is -3.39. The smallest absolute Gasteiger partial charge is 0.417 e. The first-order chi connectivity index (χ1) is 16.6. The number of halogens is 4. The molecule has 0 aliphatic carbocycles. The largest absolute Gasteiger partial charge is 0.481 e. The minimum absolute atomic E-state index is 0.0211. The Morgan fingerprint density at radius 1 is 1.09 bits per heavy atom. The molecule has 2 N–H and O–H groups in total. The number of carboxylic acids is 1. The number of carbonyl (C=O) groups is 1. The van der Waals surface area contributed by atoms with E-state index in [4.69, 9.17) is 9.63 Å². The van der Waals surface area contributed by atoms with Crippen molar-refractivity contribution in [2.75, 3.05) is 11.9 Å². The second-order valence-electron chi connectivity index (χ2n) is 7.62. The molecule has 0 fully saturated rings. The highest BCUT2D eigenvalue weighted by molar-refractivity contribution is 5.73. The van der Waals surface area contributed by atoms with Gasteiger partial charge in [0.15, 0.2) is 0 Å². The molecule has 0 aliphatic rings. The van der Waals surface area contributed by atoms with Crippen molar-refractivity contribution in [2.45, 2.75) is 19.5 Å². The first kappa shape index (κ1) is 23.9. The first-order valence-corrected chi connectivity index (χ1v) is 10.4. The van der Waals surface area contributed by atoms with Crippen molar-refractivity contribution in [3.63, 3.8) is 0 Å². The maximum atomic E-state index is 14.2. The van der Waals surface area contributed by atoms with Crippen LogP contribution in [0, 0.1) is 12.7 Å². The van der Waals surface area contributed by atoms with Crippen LogP contribution in [-0.2, 0) is 11.0 Å². The minimum atomic E-state index is -4.75. The van der Waals surface area contributed by atoms with Crippen molar-refractivity contribution in [3.8, 4) is 34.0 Å². The highest BCUT2D eigenvalue weighted by atomic mass is 19.4. The summed E-state index contributed by atoms with van der Waals surface area (Å²) in [6.45, 7) is 1.94. The third-order valence-electron chi connectivity index (χ3n) is 5.13. The molecule has 0 spiro atoms. The van der Waals surface area contributed by atoms with Gasteiger partial charge in [0.25, 0.3) is 5.89 Å². The summed E-state index contributed by atoms with van der Waals surface area (Å²) in [5.41, 5.74) is -0.337. The van der Waals surface area contributed by atoms with Crippen LogP contribution in [0.1, 0.15) is 17.5 Å². The molecule has 11 heteroatoms. The standard InChI is InChI=1S/C24H18F4N4O3/c1-13-10-15(12-30-21(13)29-9-8-20(33)34)22-31-23(35-32-22)14-6-7-16(18(11-14)24(26,27)28)17-4-2-3-5-19(17)25/h2-7,10-12H,8-9H2,1H3,(H,29,30)(H,33,34). The van der Waals surface area contributed by atoms with Gasteiger partial charge in [0.05, 0.1) is 12.0 Å². The van der Waals surface area contributed by atoms with Crippen molar-refractivity contribution < 1.29 is 32.0 Å². The molecule has 0 bridgehead atoms. The normalized spacial score (nSPS) is 11.5. The van der Waals surface area contributed by atoms with E-state index in [-0.39, 0.29) is 41.4 Å². The zero-order chi connectivity index (χ0) is 25.2. The molecule has 4 rings (SSSR count). The highest BCUT2D eigenvalue weighted by Crippen LogP contribution is 2.40. The predicted molar refractivity (Wildman–Crippen MR) is 119 cm³/mol. The summed E-state index contributed by atoms with van der Waals surface area (Å²) in [5, 5.41) is 15.5. The fourth-order valence-electron chi connectivity index (χ4n) is 3.45. The molecule has 0 atom stereocenters. The molecule has 2 heterocycles. The third kappa shape index (κ3) is 5.29. The van der Waals surface area contributed by atoms with E-state index in [1.807, 2.05) is 0 Å². The summed E-state index contributed by atoms with van der Waals surface area (Å²) < 4.78 is 60.8. The van der Waals surface area contributed by atoms with Gasteiger partial charge in [-0.3, -0.25) is 4.79 Å². The van der Waals surface area contributed by atoms with E-state index in [1.54, 1.807) is 13.0 Å². The number of pyridine rings is 1. The topological polar surface area (TPSA) is 101 Å². The maximum absolute atomic E-state index is 14.2. The fourth-order valence-corrected chi connectivity index (χ4v) is 3.45.